The Hall–Kier alpha value is -2.73. The van der Waals surface area contributed by atoms with Gasteiger partial charge in [-0.3, -0.25) is 4.79 Å². The van der Waals surface area contributed by atoms with E-state index in [1.807, 2.05) is 30.3 Å². The lowest BCUT2D eigenvalue weighted by Gasteiger charge is -2.18. The summed E-state index contributed by atoms with van der Waals surface area (Å²) in [5.74, 6) is -0.142. The first-order valence-electron chi connectivity index (χ1n) is 8.23. The van der Waals surface area contributed by atoms with Gasteiger partial charge in [0.25, 0.3) is 11.6 Å². The molecule has 6 heteroatoms. The predicted octanol–water partition coefficient (Wildman–Crippen LogP) is 3.04. The van der Waals surface area contributed by atoms with Crippen LogP contribution in [0.25, 0.3) is 22.4 Å². The maximum atomic E-state index is 13.0. The highest BCUT2D eigenvalue weighted by Gasteiger charge is 2.21. The number of aliphatic hydroxyl groups excluding tert-OH is 1. The van der Waals surface area contributed by atoms with Gasteiger partial charge in [-0.05, 0) is 26.3 Å². The van der Waals surface area contributed by atoms with Crippen molar-refractivity contribution in [1.29, 1.82) is 0 Å². The molecule has 0 saturated carbocycles. The molecule has 2 heterocycles. The first kappa shape index (κ1) is 17.1. The monoisotopic (exact) mass is 339 g/mol. The van der Waals surface area contributed by atoms with Crippen molar-refractivity contribution in [3.8, 4) is 11.3 Å². The van der Waals surface area contributed by atoms with Crippen LogP contribution in [-0.4, -0.2) is 45.8 Å². The summed E-state index contributed by atoms with van der Waals surface area (Å²) in [6, 6.07) is 11.4. The summed E-state index contributed by atoms with van der Waals surface area (Å²) in [6.07, 6.45) is 0.0647. The molecule has 0 aliphatic heterocycles. The summed E-state index contributed by atoms with van der Waals surface area (Å²) in [5, 5.41) is 14.0. The Kier molecular flexibility index (Phi) is 4.81. The van der Waals surface area contributed by atoms with Gasteiger partial charge in [0.2, 0.25) is 0 Å². The van der Waals surface area contributed by atoms with Gasteiger partial charge in [-0.15, -0.1) is 0 Å². The zero-order chi connectivity index (χ0) is 18.0. The van der Waals surface area contributed by atoms with Crippen molar-refractivity contribution < 1.29 is 14.4 Å². The van der Waals surface area contributed by atoms with Crippen LogP contribution < -0.4 is 0 Å². The molecular weight excluding hydrogens is 318 g/mol. The lowest BCUT2D eigenvalue weighted by Crippen LogP contribution is -2.29. The van der Waals surface area contributed by atoms with E-state index < -0.39 is 6.10 Å². The average molecular weight is 339 g/mol. The molecule has 0 bridgehead atoms. The van der Waals surface area contributed by atoms with Gasteiger partial charge in [-0.1, -0.05) is 35.5 Å². The minimum atomic E-state index is -0.454. The number of aryl methyl sites for hydroxylation is 1. The van der Waals surface area contributed by atoms with Crippen molar-refractivity contribution in [3.05, 3.63) is 47.7 Å². The molecule has 3 aromatic rings. The molecule has 1 amide bonds. The maximum Gasteiger partial charge on any atom is 0.259 e. The van der Waals surface area contributed by atoms with E-state index in [0.29, 0.717) is 41.0 Å². The summed E-state index contributed by atoms with van der Waals surface area (Å²) in [7, 11) is 1.72. The molecular formula is C19H21N3O3. The summed E-state index contributed by atoms with van der Waals surface area (Å²) < 4.78 is 5.31. The summed E-state index contributed by atoms with van der Waals surface area (Å²) >= 11 is 0. The second-order valence-corrected chi connectivity index (χ2v) is 6.23. The quantitative estimate of drug-likeness (QED) is 0.773. The van der Waals surface area contributed by atoms with E-state index in [4.69, 9.17) is 4.52 Å². The Balaban J connectivity index is 2.06. The molecule has 0 radical (unpaired) electrons. The van der Waals surface area contributed by atoms with E-state index in [1.165, 1.54) is 0 Å². The van der Waals surface area contributed by atoms with E-state index in [1.54, 1.807) is 31.9 Å². The molecule has 25 heavy (non-hydrogen) atoms. The van der Waals surface area contributed by atoms with Gasteiger partial charge in [-0.2, -0.15) is 0 Å². The molecule has 0 spiro atoms. The van der Waals surface area contributed by atoms with Gasteiger partial charge < -0.3 is 14.5 Å². The molecule has 1 atom stereocenters. The number of hydrogen-bond acceptors (Lipinski definition) is 5. The Morgan fingerprint density at radius 3 is 2.72 bits per heavy atom. The number of benzene rings is 1. The highest BCUT2D eigenvalue weighted by atomic mass is 16.5. The number of hydrogen-bond donors (Lipinski definition) is 1. The molecule has 6 nitrogen and oxygen atoms in total. The van der Waals surface area contributed by atoms with Gasteiger partial charge in [0.05, 0.1) is 28.4 Å². The van der Waals surface area contributed by atoms with Crippen LogP contribution in [0.4, 0.5) is 0 Å². The topological polar surface area (TPSA) is 79.5 Å². The Bertz CT molecular complexity index is 888. The molecule has 1 N–H and O–H groups in total. The van der Waals surface area contributed by atoms with Crippen molar-refractivity contribution in [2.24, 2.45) is 0 Å². The van der Waals surface area contributed by atoms with Crippen molar-refractivity contribution in [2.75, 3.05) is 13.6 Å². The molecule has 0 aliphatic rings. The number of aliphatic hydroxyl groups is 1. The van der Waals surface area contributed by atoms with Crippen LogP contribution in [0.1, 0.15) is 29.4 Å². The van der Waals surface area contributed by atoms with Crippen molar-refractivity contribution in [1.82, 2.24) is 15.0 Å². The largest absolute Gasteiger partial charge is 0.393 e. The Morgan fingerprint density at radius 2 is 2.04 bits per heavy atom. The lowest BCUT2D eigenvalue weighted by molar-refractivity contribution is 0.0770. The zero-order valence-electron chi connectivity index (χ0n) is 14.6. The van der Waals surface area contributed by atoms with E-state index in [0.717, 1.165) is 5.56 Å². The third-order valence-corrected chi connectivity index (χ3v) is 4.15. The standard InChI is InChI=1S/C19H21N3O3/c1-12(23)9-10-22(3)19(24)15-11-16(14-7-5-4-6-8-14)20-18-17(15)13(2)21-25-18/h4-8,11-12,23H,9-10H2,1-3H3. The van der Waals surface area contributed by atoms with Crippen molar-refractivity contribution in [2.45, 2.75) is 26.4 Å². The van der Waals surface area contributed by atoms with Crippen molar-refractivity contribution >= 4 is 17.0 Å². The maximum absolute atomic E-state index is 13.0. The number of pyridine rings is 1. The van der Waals surface area contributed by atoms with E-state index in [9.17, 15) is 9.90 Å². The number of aromatic nitrogens is 2. The molecule has 0 fully saturated rings. The number of carbonyl (C=O) groups is 1. The highest BCUT2D eigenvalue weighted by molar-refractivity contribution is 6.06. The number of fused-ring (bicyclic) bond motifs is 1. The van der Waals surface area contributed by atoms with Crippen LogP contribution in [-0.2, 0) is 0 Å². The van der Waals surface area contributed by atoms with Gasteiger partial charge >= 0.3 is 0 Å². The summed E-state index contributed by atoms with van der Waals surface area (Å²) in [6.45, 7) is 3.97. The normalized spacial score (nSPS) is 12.3. The minimum absolute atomic E-state index is 0.142. The second-order valence-electron chi connectivity index (χ2n) is 6.23. The van der Waals surface area contributed by atoms with Crippen molar-refractivity contribution in [3.63, 3.8) is 0 Å². The minimum Gasteiger partial charge on any atom is -0.393 e. The van der Waals surface area contributed by atoms with Crippen LogP contribution in [0.15, 0.2) is 40.9 Å². The number of carbonyl (C=O) groups excluding carboxylic acids is 1. The first-order valence-corrected chi connectivity index (χ1v) is 8.23. The summed E-state index contributed by atoms with van der Waals surface area (Å²) in [5.41, 5.74) is 3.06. The van der Waals surface area contributed by atoms with Gasteiger partial charge in [0, 0.05) is 19.2 Å². The third kappa shape index (κ3) is 3.53. The lowest BCUT2D eigenvalue weighted by atomic mass is 10.0. The van der Waals surface area contributed by atoms with Crippen LogP contribution in [0.5, 0.6) is 0 Å². The fourth-order valence-electron chi connectivity index (χ4n) is 2.71. The van der Waals surface area contributed by atoms with Crippen LogP contribution in [0.3, 0.4) is 0 Å². The molecule has 1 unspecified atom stereocenters. The second kappa shape index (κ2) is 7.03. The molecule has 130 valence electrons. The summed E-state index contributed by atoms with van der Waals surface area (Å²) in [4.78, 5) is 19.1. The van der Waals surface area contributed by atoms with E-state index >= 15 is 0 Å². The number of rotatable bonds is 5. The van der Waals surface area contributed by atoms with Gasteiger partial charge in [0.1, 0.15) is 0 Å². The van der Waals surface area contributed by atoms with Crippen LogP contribution >= 0.6 is 0 Å². The molecule has 0 aliphatic carbocycles. The average Bonchev–Trinajstić information content (AvgIpc) is 3.00. The molecule has 2 aromatic heterocycles. The Morgan fingerprint density at radius 1 is 1.32 bits per heavy atom. The highest BCUT2D eigenvalue weighted by Crippen LogP contribution is 2.27. The van der Waals surface area contributed by atoms with Gasteiger partial charge in [-0.25, -0.2) is 4.98 Å². The third-order valence-electron chi connectivity index (χ3n) is 4.15. The number of amides is 1. The fourth-order valence-corrected chi connectivity index (χ4v) is 2.71. The molecule has 1 aromatic carbocycles. The van der Waals surface area contributed by atoms with Crippen LogP contribution in [0.2, 0.25) is 0 Å². The van der Waals surface area contributed by atoms with E-state index in [-0.39, 0.29) is 5.91 Å². The van der Waals surface area contributed by atoms with Gasteiger partial charge in [0.15, 0.2) is 0 Å². The van der Waals surface area contributed by atoms with Crippen LogP contribution in [0, 0.1) is 6.92 Å². The first-order chi connectivity index (χ1) is 12.0. The smallest absolute Gasteiger partial charge is 0.259 e. The predicted molar refractivity (Wildman–Crippen MR) is 95.2 cm³/mol. The Labute approximate surface area is 146 Å². The SMILES string of the molecule is Cc1noc2nc(-c3ccccc3)cc(C(=O)N(C)CCC(C)O)c12. The van der Waals surface area contributed by atoms with E-state index in [2.05, 4.69) is 10.1 Å². The molecule has 3 rings (SSSR count). The fraction of sp³-hybridized carbons (Fsp3) is 0.316. The number of nitrogens with zero attached hydrogens (tertiary/aromatic N) is 3. The molecule has 0 saturated heterocycles. The zero-order valence-corrected chi connectivity index (χ0v) is 14.6.